The zero-order valence-corrected chi connectivity index (χ0v) is 24.3. The maximum Gasteiger partial charge on any atom is 0.407 e. The normalized spacial score (nSPS) is 25.2. The number of rotatable bonds is 11. The largest absolute Gasteiger partial charge is 0.443 e. The molecule has 0 bridgehead atoms. The number of amides is 1. The highest BCUT2D eigenvalue weighted by Gasteiger charge is 2.44. The number of nitrogens with one attached hydrogen (secondary N) is 1. The van der Waals surface area contributed by atoms with Crippen molar-refractivity contribution < 1.29 is 37.6 Å². The maximum atomic E-state index is 13.8. The number of aliphatic hydroxyl groups excluding tert-OH is 2. The summed E-state index contributed by atoms with van der Waals surface area (Å²) < 4.78 is 45.7. The molecule has 41 heavy (non-hydrogen) atoms. The molecule has 2 aliphatic heterocycles. The van der Waals surface area contributed by atoms with Crippen molar-refractivity contribution in [2.75, 3.05) is 26.3 Å². The first kappa shape index (κ1) is 29.9. The van der Waals surface area contributed by atoms with Gasteiger partial charge in [0.25, 0.3) is 0 Å². The van der Waals surface area contributed by atoms with E-state index in [4.69, 9.17) is 14.2 Å². The second-order valence-corrected chi connectivity index (χ2v) is 13.5. The number of fused-ring (bicyclic) bond motifs is 2. The average molecular weight is 589 g/mol. The molecule has 1 aliphatic carbocycles. The van der Waals surface area contributed by atoms with Crippen LogP contribution >= 0.6 is 0 Å². The predicted octanol–water partition coefficient (Wildman–Crippen LogP) is 2.77. The Balaban J connectivity index is 1.33. The van der Waals surface area contributed by atoms with Crippen molar-refractivity contribution in [1.82, 2.24) is 9.62 Å². The first-order valence-electron chi connectivity index (χ1n) is 14.3. The van der Waals surface area contributed by atoms with Gasteiger partial charge in [-0.25, -0.2) is 13.2 Å². The van der Waals surface area contributed by atoms with E-state index in [0.717, 1.165) is 23.1 Å². The number of hydrogen-bond donors (Lipinski definition) is 3. The summed E-state index contributed by atoms with van der Waals surface area (Å²) in [4.78, 5) is 13.1. The number of alkyl carbamates (subject to hydrolysis) is 1. The molecule has 11 heteroatoms. The van der Waals surface area contributed by atoms with Crippen molar-refractivity contribution in [3.05, 3.63) is 65.2 Å². The van der Waals surface area contributed by atoms with E-state index >= 15 is 0 Å². The molecule has 0 unspecified atom stereocenters. The Kier molecular flexibility index (Phi) is 9.32. The molecule has 0 spiro atoms. The van der Waals surface area contributed by atoms with Crippen LogP contribution in [0, 0.1) is 11.8 Å². The van der Waals surface area contributed by atoms with Crippen LogP contribution in [-0.4, -0.2) is 79.9 Å². The molecule has 2 aromatic rings. The van der Waals surface area contributed by atoms with Crippen LogP contribution in [0.15, 0.2) is 53.4 Å². The van der Waals surface area contributed by atoms with Crippen molar-refractivity contribution >= 4 is 16.1 Å². The lowest BCUT2D eigenvalue weighted by Crippen LogP contribution is -2.51. The summed E-state index contributed by atoms with van der Waals surface area (Å²) in [6.07, 6.45) is -1.12. The fourth-order valence-electron chi connectivity index (χ4n) is 5.92. The minimum atomic E-state index is -3.98. The number of ether oxygens (including phenoxy) is 3. The average Bonchev–Trinajstić information content (AvgIpc) is 3.66. The quantitative estimate of drug-likeness (QED) is 0.365. The molecule has 3 aliphatic rings. The van der Waals surface area contributed by atoms with Crippen LogP contribution in [0.3, 0.4) is 0 Å². The van der Waals surface area contributed by atoms with Gasteiger partial charge in [0.1, 0.15) is 6.10 Å². The fourth-order valence-corrected chi connectivity index (χ4v) is 7.59. The second kappa shape index (κ2) is 12.8. The Morgan fingerprint density at radius 3 is 2.66 bits per heavy atom. The molecule has 0 radical (unpaired) electrons. The monoisotopic (exact) mass is 588 g/mol. The van der Waals surface area contributed by atoms with Crippen LogP contribution in [-0.2, 0) is 37.1 Å². The van der Waals surface area contributed by atoms with Crippen LogP contribution in [0.1, 0.15) is 49.5 Å². The van der Waals surface area contributed by atoms with Crippen LogP contribution in [0.25, 0.3) is 0 Å². The summed E-state index contributed by atoms with van der Waals surface area (Å²) in [5.41, 5.74) is 2.45. The molecule has 5 rings (SSSR count). The summed E-state index contributed by atoms with van der Waals surface area (Å²) in [5.74, 6) is -0.0407. The van der Waals surface area contributed by atoms with Gasteiger partial charge in [-0.05, 0) is 60.4 Å². The highest BCUT2D eigenvalue weighted by atomic mass is 32.2. The lowest BCUT2D eigenvalue weighted by molar-refractivity contribution is -0.0907. The van der Waals surface area contributed by atoms with Crippen molar-refractivity contribution in [2.24, 2.45) is 11.8 Å². The smallest absolute Gasteiger partial charge is 0.407 e. The van der Waals surface area contributed by atoms with E-state index in [2.05, 4.69) is 5.32 Å². The first-order chi connectivity index (χ1) is 19.6. The molecule has 2 aromatic carbocycles. The van der Waals surface area contributed by atoms with Crippen LogP contribution in [0.2, 0.25) is 0 Å². The number of nitrogens with zero attached hydrogens (tertiary/aromatic N) is 1. The summed E-state index contributed by atoms with van der Waals surface area (Å²) in [6.45, 7) is 4.58. The fraction of sp³-hybridized carbons (Fsp3) is 0.567. The first-order valence-corrected chi connectivity index (χ1v) is 15.8. The Labute approximate surface area is 241 Å². The van der Waals surface area contributed by atoms with Gasteiger partial charge in [-0.1, -0.05) is 50.2 Å². The van der Waals surface area contributed by atoms with Crippen LogP contribution in [0.4, 0.5) is 4.79 Å². The molecule has 0 aromatic heterocycles. The van der Waals surface area contributed by atoms with Crippen LogP contribution in [0.5, 0.6) is 0 Å². The predicted molar refractivity (Wildman–Crippen MR) is 150 cm³/mol. The zero-order valence-electron chi connectivity index (χ0n) is 23.5. The molecule has 0 saturated carbocycles. The summed E-state index contributed by atoms with van der Waals surface area (Å²) >= 11 is 0. The van der Waals surface area contributed by atoms with Gasteiger partial charge in [-0.15, -0.1) is 0 Å². The number of carbonyl (C=O) groups is 1. The van der Waals surface area contributed by atoms with Crippen molar-refractivity contribution in [3.63, 3.8) is 0 Å². The zero-order chi connectivity index (χ0) is 29.1. The van der Waals surface area contributed by atoms with Gasteiger partial charge in [0, 0.05) is 13.1 Å². The van der Waals surface area contributed by atoms with Gasteiger partial charge in [0.2, 0.25) is 10.0 Å². The minimum Gasteiger partial charge on any atom is -0.443 e. The molecular weight excluding hydrogens is 548 g/mol. The molecule has 2 heterocycles. The SMILES string of the molecule is CC(C)CN(C[C@@H](O)[C@H](Cc1ccccc1)NC(=O)O[C@H]1CO[C@H]2OCC[C@H]21)S(=O)(=O)c1ccc2c(c1)CC[C@@H]2O. The van der Waals surface area contributed by atoms with Crippen molar-refractivity contribution in [3.8, 4) is 0 Å². The molecule has 10 nitrogen and oxygen atoms in total. The number of benzene rings is 2. The molecule has 2 saturated heterocycles. The Hall–Kier alpha value is -2.54. The highest BCUT2D eigenvalue weighted by molar-refractivity contribution is 7.89. The molecule has 6 atom stereocenters. The highest BCUT2D eigenvalue weighted by Crippen LogP contribution is 2.34. The lowest BCUT2D eigenvalue weighted by atomic mass is 10.0. The van der Waals surface area contributed by atoms with E-state index in [1.165, 1.54) is 10.4 Å². The van der Waals surface area contributed by atoms with E-state index in [1.54, 1.807) is 12.1 Å². The van der Waals surface area contributed by atoms with Gasteiger partial charge >= 0.3 is 6.09 Å². The number of aryl methyl sites for hydroxylation is 1. The molecule has 2 fully saturated rings. The Morgan fingerprint density at radius 2 is 1.90 bits per heavy atom. The van der Waals surface area contributed by atoms with Crippen molar-refractivity contribution in [1.29, 1.82) is 0 Å². The van der Waals surface area contributed by atoms with Gasteiger partial charge in [-0.3, -0.25) is 0 Å². The van der Waals surface area contributed by atoms with Gasteiger partial charge in [-0.2, -0.15) is 4.31 Å². The molecule has 1 amide bonds. The maximum absolute atomic E-state index is 13.8. The van der Waals surface area contributed by atoms with Crippen LogP contribution < -0.4 is 5.32 Å². The van der Waals surface area contributed by atoms with E-state index in [0.29, 0.717) is 19.4 Å². The standard InChI is InChI=1S/C30H40N2O8S/c1-19(2)16-32(41(36,37)22-9-10-23-21(15-22)8-11-26(23)33)17-27(34)25(14-20-6-4-3-5-7-20)31-30(35)40-28-18-39-29-24(28)12-13-38-29/h3-7,9-10,15,19,24-29,33-34H,8,11-14,16-18H2,1-2H3,(H,31,35)/t24-,25-,26-,27+,28-,29+/m0/s1. The molecular formula is C30H40N2O8S. The van der Waals surface area contributed by atoms with Crippen molar-refractivity contribution in [2.45, 2.75) is 75.1 Å². The summed E-state index contributed by atoms with van der Waals surface area (Å²) in [7, 11) is -3.98. The number of hydrogen-bond acceptors (Lipinski definition) is 8. The summed E-state index contributed by atoms with van der Waals surface area (Å²) in [6, 6.07) is 13.4. The van der Waals surface area contributed by atoms with Gasteiger partial charge in [0.15, 0.2) is 6.29 Å². The number of sulfonamides is 1. The van der Waals surface area contributed by atoms with E-state index in [1.807, 2.05) is 44.2 Å². The van der Waals surface area contributed by atoms with Gasteiger partial charge < -0.3 is 29.7 Å². The number of aliphatic hydroxyl groups is 2. The summed E-state index contributed by atoms with van der Waals surface area (Å²) in [5, 5.41) is 24.4. The number of carbonyl (C=O) groups excluding carboxylic acids is 1. The topological polar surface area (TPSA) is 135 Å². The second-order valence-electron chi connectivity index (χ2n) is 11.6. The Morgan fingerprint density at radius 1 is 1.12 bits per heavy atom. The third kappa shape index (κ3) is 6.93. The van der Waals surface area contributed by atoms with E-state index in [9.17, 15) is 23.4 Å². The molecule has 224 valence electrons. The lowest BCUT2D eigenvalue weighted by Gasteiger charge is -2.31. The van der Waals surface area contributed by atoms with Gasteiger partial charge in [0.05, 0.1) is 42.3 Å². The third-order valence-electron chi connectivity index (χ3n) is 8.07. The third-order valence-corrected chi connectivity index (χ3v) is 9.90. The molecule has 3 N–H and O–H groups in total. The van der Waals surface area contributed by atoms with E-state index < -0.39 is 40.5 Å². The Bertz CT molecular complexity index is 1300. The van der Waals surface area contributed by atoms with E-state index in [-0.39, 0.29) is 49.1 Å². The minimum absolute atomic E-state index is 0.0114.